The van der Waals surface area contributed by atoms with Crippen molar-refractivity contribution in [2.75, 3.05) is 0 Å². The molecule has 0 amide bonds. The van der Waals surface area contributed by atoms with Crippen LogP contribution in [0.1, 0.15) is 16.7 Å². The molecule has 2 heterocycles. The maximum Gasteiger partial charge on any atom is 0.471 e. The second kappa shape index (κ2) is 7.06. The van der Waals surface area contributed by atoms with E-state index in [1.807, 2.05) is 0 Å². The van der Waals surface area contributed by atoms with Crippen molar-refractivity contribution in [1.29, 1.82) is 0 Å². The van der Waals surface area contributed by atoms with Gasteiger partial charge in [0.25, 0.3) is 0 Å². The van der Waals surface area contributed by atoms with Gasteiger partial charge in [-0.15, -0.1) is 0 Å². The molecule has 2 aromatic carbocycles. The Labute approximate surface area is 166 Å². The minimum absolute atomic E-state index is 0.105. The number of nitrogens with zero attached hydrogens (tertiary/aromatic N) is 3. The van der Waals surface area contributed by atoms with E-state index in [-0.39, 0.29) is 28.4 Å². The van der Waals surface area contributed by atoms with Crippen LogP contribution in [-0.2, 0) is 20.8 Å². The number of H-pyrrole nitrogens is 1. The van der Waals surface area contributed by atoms with Crippen LogP contribution < -0.4 is 0 Å². The number of para-hydroxylation sites is 2. The molecule has 0 fully saturated rings. The summed E-state index contributed by atoms with van der Waals surface area (Å²) in [5, 5.41) is 1.33. The number of rotatable bonds is 5. The van der Waals surface area contributed by atoms with E-state index < -0.39 is 27.2 Å². The topological polar surface area (TPSA) is 119 Å². The lowest BCUT2D eigenvalue weighted by Gasteiger charge is -2.10. The Morgan fingerprint density at radius 2 is 1.73 bits per heavy atom. The number of alkyl halides is 3. The molecule has 0 bridgehead atoms. The number of hydrogen-bond acceptors (Lipinski definition) is 7. The Balaban J connectivity index is 1.66. The van der Waals surface area contributed by atoms with Crippen LogP contribution in [0.2, 0.25) is 0 Å². The molecule has 12 heteroatoms. The maximum absolute atomic E-state index is 12.9. The molecule has 0 saturated heterocycles. The van der Waals surface area contributed by atoms with Gasteiger partial charge in [-0.25, -0.2) is 13.4 Å². The molecule has 0 saturated carbocycles. The van der Waals surface area contributed by atoms with Gasteiger partial charge in [-0.1, -0.05) is 41.6 Å². The van der Waals surface area contributed by atoms with E-state index >= 15 is 0 Å². The van der Waals surface area contributed by atoms with Gasteiger partial charge >= 0.3 is 12.1 Å². The van der Waals surface area contributed by atoms with Gasteiger partial charge in [0.05, 0.1) is 11.0 Å². The van der Waals surface area contributed by atoms with E-state index in [9.17, 15) is 26.4 Å². The smallest absolute Gasteiger partial charge is 0.329 e. The van der Waals surface area contributed by atoms with Crippen molar-refractivity contribution >= 4 is 27.2 Å². The normalized spacial score (nSPS) is 13.4. The highest BCUT2D eigenvalue weighted by Crippen LogP contribution is 2.31. The zero-order valence-electron chi connectivity index (χ0n) is 14.8. The van der Waals surface area contributed by atoms with Crippen LogP contribution in [0.25, 0.3) is 22.4 Å². The number of nitrogens with one attached hydrogen (secondary N) is 1. The summed E-state index contributed by atoms with van der Waals surface area (Å²) < 4.78 is 67.8. The van der Waals surface area contributed by atoms with Crippen LogP contribution >= 0.6 is 0 Å². The third-order valence-electron chi connectivity index (χ3n) is 4.26. The molecule has 4 rings (SSSR count). The third kappa shape index (κ3) is 3.45. The van der Waals surface area contributed by atoms with Gasteiger partial charge < -0.3 is 14.3 Å². The molecule has 0 aliphatic carbocycles. The number of aromatic amines is 1. The lowest BCUT2D eigenvalue weighted by atomic mass is 10.1. The highest BCUT2D eigenvalue weighted by molar-refractivity contribution is 7.92. The Morgan fingerprint density at radius 3 is 2.33 bits per heavy atom. The number of carbonyl (C=O) groups excluding carboxylic acids is 1. The van der Waals surface area contributed by atoms with Crippen LogP contribution in [0.5, 0.6) is 0 Å². The summed E-state index contributed by atoms with van der Waals surface area (Å²) in [6, 6.07) is 11.8. The van der Waals surface area contributed by atoms with Gasteiger partial charge in [0.2, 0.25) is 20.8 Å². The first-order valence-corrected chi connectivity index (χ1v) is 9.90. The second-order valence-corrected chi connectivity index (χ2v) is 8.19. The monoisotopic (exact) mass is 436 g/mol. The van der Waals surface area contributed by atoms with Crippen molar-refractivity contribution in [3.63, 3.8) is 0 Å². The summed E-state index contributed by atoms with van der Waals surface area (Å²) >= 11 is 0. The summed E-state index contributed by atoms with van der Waals surface area (Å²) in [5.74, 6) is -1.82. The fourth-order valence-electron chi connectivity index (χ4n) is 2.79. The minimum Gasteiger partial charge on any atom is -0.329 e. The van der Waals surface area contributed by atoms with Crippen molar-refractivity contribution < 1.29 is 30.9 Å². The lowest BCUT2D eigenvalue weighted by Crippen LogP contribution is -2.16. The molecule has 0 aliphatic rings. The van der Waals surface area contributed by atoms with Gasteiger partial charge in [0, 0.05) is 5.56 Å². The number of hydrogen-bond donors (Lipinski definition) is 1. The molecule has 30 heavy (non-hydrogen) atoms. The molecule has 0 aliphatic heterocycles. The van der Waals surface area contributed by atoms with Crippen LogP contribution in [0, 0.1) is 0 Å². The molecule has 0 spiro atoms. The van der Waals surface area contributed by atoms with Crippen LogP contribution in [0.4, 0.5) is 13.2 Å². The number of aromatic nitrogens is 4. The predicted molar refractivity (Wildman–Crippen MR) is 96.8 cm³/mol. The third-order valence-corrected chi connectivity index (χ3v) is 6.05. The number of benzene rings is 2. The number of halogens is 3. The van der Waals surface area contributed by atoms with E-state index in [1.54, 1.807) is 24.3 Å². The largest absolute Gasteiger partial charge is 0.471 e. The van der Waals surface area contributed by atoms with Gasteiger partial charge in [-0.2, -0.15) is 18.2 Å². The molecule has 4 aromatic rings. The Kier molecular flexibility index (Phi) is 4.65. The van der Waals surface area contributed by atoms with Crippen LogP contribution in [-0.4, -0.2) is 34.8 Å². The fourth-order valence-corrected chi connectivity index (χ4v) is 4.17. The molecule has 1 unspecified atom stereocenters. The van der Waals surface area contributed by atoms with Crippen LogP contribution in [0.3, 0.4) is 0 Å². The Hall–Kier alpha value is -3.54. The van der Waals surface area contributed by atoms with Crippen LogP contribution in [0.15, 0.2) is 58.2 Å². The van der Waals surface area contributed by atoms with Crippen molar-refractivity contribution in [2.24, 2.45) is 0 Å². The first-order chi connectivity index (χ1) is 14.2. The van der Waals surface area contributed by atoms with E-state index in [0.717, 1.165) is 0 Å². The zero-order valence-corrected chi connectivity index (χ0v) is 15.6. The molecule has 1 atom stereocenters. The minimum atomic E-state index is -4.78. The summed E-state index contributed by atoms with van der Waals surface area (Å²) in [6.07, 6.45) is -4.53. The second-order valence-electron chi connectivity index (χ2n) is 6.20. The van der Waals surface area contributed by atoms with E-state index in [2.05, 4.69) is 24.6 Å². The van der Waals surface area contributed by atoms with E-state index in [1.165, 1.54) is 24.3 Å². The zero-order chi connectivity index (χ0) is 21.5. The first kappa shape index (κ1) is 19.8. The maximum atomic E-state index is 12.9. The molecule has 154 valence electrons. The number of fused-ring (bicyclic) bond motifs is 1. The van der Waals surface area contributed by atoms with Gasteiger partial charge in [0.15, 0.2) is 0 Å². The average molecular weight is 436 g/mol. The molecule has 8 nitrogen and oxygen atoms in total. The highest BCUT2D eigenvalue weighted by Gasteiger charge is 2.38. The summed E-state index contributed by atoms with van der Waals surface area (Å²) in [5.41, 5.74) is 1.18. The molecule has 1 N–H and O–H groups in total. The quantitative estimate of drug-likeness (QED) is 0.477. The summed E-state index contributed by atoms with van der Waals surface area (Å²) in [6.45, 7) is 0. The van der Waals surface area contributed by atoms with E-state index in [4.69, 9.17) is 0 Å². The van der Waals surface area contributed by atoms with Gasteiger partial charge in [0.1, 0.15) is 11.5 Å². The summed E-state index contributed by atoms with van der Waals surface area (Å²) in [4.78, 5) is 21.6. The highest BCUT2D eigenvalue weighted by atomic mass is 32.2. The molecular weight excluding hydrogens is 425 g/mol. The Bertz CT molecular complexity index is 1290. The number of aldehydes is 1. The standard InChI is InChI=1S/C18H11F3N4O4S/c19-18(20,21)16-24-15(25-29-16)11-7-5-10(6-8-11)14(9-26)30(27,28)17-22-12-3-1-2-4-13(12)23-17/h1-9,14H,(H,22,23). The SMILES string of the molecule is O=CC(c1ccc(-c2noc(C(F)(F)F)n2)cc1)S(=O)(=O)c1nc2ccccc2[nH]1. The van der Waals surface area contributed by atoms with Crippen molar-refractivity contribution in [1.82, 2.24) is 20.1 Å². The average Bonchev–Trinajstić information content (AvgIpc) is 3.36. The number of imidazole rings is 1. The van der Waals surface area contributed by atoms with E-state index in [0.29, 0.717) is 11.0 Å². The number of carbonyl (C=O) groups is 1. The fraction of sp³-hybridized carbons (Fsp3) is 0.111. The first-order valence-electron chi connectivity index (χ1n) is 8.35. The van der Waals surface area contributed by atoms with Crippen molar-refractivity contribution in [3.8, 4) is 11.4 Å². The Morgan fingerprint density at radius 1 is 1.03 bits per heavy atom. The van der Waals surface area contributed by atoms with Crippen molar-refractivity contribution in [2.45, 2.75) is 16.6 Å². The van der Waals surface area contributed by atoms with Crippen molar-refractivity contribution in [3.05, 3.63) is 60.0 Å². The molecule has 2 aromatic heterocycles. The number of sulfone groups is 1. The molecular formula is C18H11F3N4O4S. The summed E-state index contributed by atoms with van der Waals surface area (Å²) in [7, 11) is -4.19. The van der Waals surface area contributed by atoms with Gasteiger partial charge in [-0.05, 0) is 17.7 Å². The molecule has 0 radical (unpaired) electrons. The predicted octanol–water partition coefficient (Wildman–Crippen LogP) is 3.35. The lowest BCUT2D eigenvalue weighted by molar-refractivity contribution is -0.159. The van der Waals surface area contributed by atoms with Gasteiger partial charge in [-0.3, -0.25) is 0 Å².